The molecular weight excluding hydrogens is 304 g/mol. The molecule has 1 atom stereocenters. The number of nitrogens with one attached hydrogen (secondary N) is 2. The van der Waals surface area contributed by atoms with Gasteiger partial charge < -0.3 is 15.7 Å². The van der Waals surface area contributed by atoms with Gasteiger partial charge in [-0.05, 0) is 18.2 Å². The van der Waals surface area contributed by atoms with E-state index in [-0.39, 0.29) is 12.1 Å². The largest absolute Gasteiger partial charge is 0.386 e. The van der Waals surface area contributed by atoms with E-state index in [0.717, 1.165) is 17.8 Å². The van der Waals surface area contributed by atoms with Crippen molar-refractivity contribution in [1.82, 2.24) is 15.6 Å². The van der Waals surface area contributed by atoms with Crippen molar-refractivity contribution >= 4 is 6.03 Å². The van der Waals surface area contributed by atoms with E-state index in [1.165, 1.54) is 0 Å². The van der Waals surface area contributed by atoms with Crippen LogP contribution in [0.1, 0.15) is 17.4 Å². The molecule has 0 spiro atoms. The number of rotatable bonds is 6. The minimum atomic E-state index is -1.25. The number of carbonyl (C=O) groups excluding carboxylic acids is 1. The van der Waals surface area contributed by atoms with Crippen molar-refractivity contribution in [3.05, 3.63) is 65.5 Å². The molecular formula is C16H17F2N3O2. The van der Waals surface area contributed by atoms with E-state index in [4.69, 9.17) is 0 Å². The average Bonchev–Trinajstić information content (AvgIpc) is 2.53. The molecule has 2 rings (SSSR count). The molecule has 3 N–H and O–H groups in total. The van der Waals surface area contributed by atoms with Gasteiger partial charge >= 0.3 is 6.03 Å². The molecule has 0 bridgehead atoms. The minimum absolute atomic E-state index is 0.0693. The summed E-state index contributed by atoms with van der Waals surface area (Å²) in [5.41, 5.74) is 0.779. The predicted octanol–water partition coefficient (Wildman–Crippen LogP) is 1.94. The maximum Gasteiger partial charge on any atom is 0.314 e. The molecule has 1 heterocycles. The van der Waals surface area contributed by atoms with Crippen molar-refractivity contribution in [2.45, 2.75) is 12.5 Å². The summed E-state index contributed by atoms with van der Waals surface area (Å²) in [6.45, 7) is 0.196. The first-order chi connectivity index (χ1) is 11.1. The van der Waals surface area contributed by atoms with Crippen molar-refractivity contribution in [2.24, 2.45) is 0 Å². The average molecular weight is 321 g/mol. The monoisotopic (exact) mass is 321 g/mol. The molecule has 5 nitrogen and oxygen atoms in total. The fraction of sp³-hybridized carbons (Fsp3) is 0.250. The summed E-state index contributed by atoms with van der Waals surface area (Å²) < 4.78 is 26.3. The highest BCUT2D eigenvalue weighted by molar-refractivity contribution is 5.73. The van der Waals surface area contributed by atoms with Crippen LogP contribution in [0, 0.1) is 11.6 Å². The Balaban J connectivity index is 1.73. The molecule has 0 saturated heterocycles. The summed E-state index contributed by atoms with van der Waals surface area (Å²) in [4.78, 5) is 15.7. The molecule has 122 valence electrons. The number of aliphatic hydroxyl groups excluding tert-OH is 1. The number of urea groups is 1. The highest BCUT2D eigenvalue weighted by Crippen LogP contribution is 2.17. The molecule has 0 aliphatic rings. The van der Waals surface area contributed by atoms with Crippen molar-refractivity contribution in [3.8, 4) is 0 Å². The van der Waals surface area contributed by atoms with Crippen LogP contribution < -0.4 is 10.6 Å². The molecule has 0 saturated carbocycles. The fourth-order valence-corrected chi connectivity index (χ4v) is 1.98. The minimum Gasteiger partial charge on any atom is -0.386 e. The van der Waals surface area contributed by atoms with Gasteiger partial charge in [-0.1, -0.05) is 12.1 Å². The van der Waals surface area contributed by atoms with Crippen molar-refractivity contribution < 1.29 is 18.7 Å². The maximum absolute atomic E-state index is 13.5. The molecule has 7 heteroatoms. The molecule has 0 radical (unpaired) electrons. The number of aliphatic hydroxyl groups is 1. The number of amides is 2. The number of hydrogen-bond donors (Lipinski definition) is 3. The van der Waals surface area contributed by atoms with Gasteiger partial charge in [0.05, 0.1) is 6.10 Å². The normalized spacial score (nSPS) is 11.8. The van der Waals surface area contributed by atoms with Gasteiger partial charge in [-0.3, -0.25) is 4.98 Å². The number of halogens is 2. The van der Waals surface area contributed by atoms with E-state index >= 15 is 0 Å². The summed E-state index contributed by atoms with van der Waals surface area (Å²) in [7, 11) is 0. The summed E-state index contributed by atoms with van der Waals surface area (Å²) in [5.74, 6) is -1.58. The van der Waals surface area contributed by atoms with Gasteiger partial charge in [-0.25, -0.2) is 13.6 Å². The van der Waals surface area contributed by atoms with E-state index in [1.807, 2.05) is 12.1 Å². The van der Waals surface area contributed by atoms with Gasteiger partial charge in [-0.2, -0.15) is 0 Å². The van der Waals surface area contributed by atoms with Crippen LogP contribution in [0.15, 0.2) is 42.6 Å². The fourth-order valence-electron chi connectivity index (χ4n) is 1.98. The summed E-state index contributed by atoms with van der Waals surface area (Å²) in [6.07, 6.45) is 0.990. The smallest absolute Gasteiger partial charge is 0.314 e. The first-order valence-electron chi connectivity index (χ1n) is 7.11. The van der Waals surface area contributed by atoms with Crippen molar-refractivity contribution in [2.75, 3.05) is 13.1 Å². The number of nitrogens with zero attached hydrogens (tertiary/aromatic N) is 1. The Morgan fingerprint density at radius 3 is 2.74 bits per heavy atom. The summed E-state index contributed by atoms with van der Waals surface area (Å²) in [5, 5.41) is 14.9. The molecule has 2 aromatic rings. The standard InChI is InChI=1S/C16H17F2N3O2/c17-11-4-5-13(14(18)9-11)15(22)10-21-16(23)20-8-6-12-3-1-2-7-19-12/h1-5,7,9,15,22H,6,8,10H2,(H2,20,21,23)/t15-/m0/s1. The molecule has 0 fully saturated rings. The lowest BCUT2D eigenvalue weighted by Crippen LogP contribution is -2.38. The molecule has 23 heavy (non-hydrogen) atoms. The lowest BCUT2D eigenvalue weighted by molar-refractivity contribution is 0.168. The number of benzene rings is 1. The Bertz CT molecular complexity index is 653. The first-order valence-corrected chi connectivity index (χ1v) is 7.11. The van der Waals surface area contributed by atoms with Crippen molar-refractivity contribution in [3.63, 3.8) is 0 Å². The zero-order valence-corrected chi connectivity index (χ0v) is 12.3. The molecule has 1 aromatic carbocycles. The van der Waals surface area contributed by atoms with Crippen LogP contribution in [-0.4, -0.2) is 29.2 Å². The highest BCUT2D eigenvalue weighted by Gasteiger charge is 2.14. The zero-order chi connectivity index (χ0) is 16.7. The van der Waals surface area contributed by atoms with E-state index in [0.29, 0.717) is 19.0 Å². The van der Waals surface area contributed by atoms with E-state index in [1.54, 1.807) is 12.3 Å². The van der Waals surface area contributed by atoms with E-state index in [2.05, 4.69) is 15.6 Å². The third-order valence-corrected chi connectivity index (χ3v) is 3.17. The van der Waals surface area contributed by atoms with Crippen LogP contribution >= 0.6 is 0 Å². The molecule has 0 aliphatic carbocycles. The topological polar surface area (TPSA) is 74.2 Å². The number of pyridine rings is 1. The van der Waals surface area contributed by atoms with Gasteiger partial charge in [0.1, 0.15) is 11.6 Å². The second kappa shape index (κ2) is 8.19. The number of carbonyl (C=O) groups is 1. The van der Waals surface area contributed by atoms with Crippen LogP contribution in [-0.2, 0) is 6.42 Å². The summed E-state index contributed by atoms with van der Waals surface area (Å²) in [6, 6.07) is 7.91. The van der Waals surface area contributed by atoms with E-state index < -0.39 is 23.8 Å². The number of hydrogen-bond acceptors (Lipinski definition) is 3. The SMILES string of the molecule is O=C(NCCc1ccccn1)NC[C@H](O)c1ccc(F)cc1F. The lowest BCUT2D eigenvalue weighted by atomic mass is 10.1. The first kappa shape index (κ1) is 16.8. The van der Waals surface area contributed by atoms with Gasteiger partial charge in [0.15, 0.2) is 0 Å². The molecule has 0 unspecified atom stereocenters. The van der Waals surface area contributed by atoms with Gasteiger partial charge in [0, 0.05) is 43.0 Å². The van der Waals surface area contributed by atoms with Crippen LogP contribution in [0.4, 0.5) is 13.6 Å². The van der Waals surface area contributed by atoms with Gasteiger partial charge in [0.25, 0.3) is 0 Å². The third-order valence-electron chi connectivity index (χ3n) is 3.17. The maximum atomic E-state index is 13.5. The summed E-state index contributed by atoms with van der Waals surface area (Å²) >= 11 is 0. The highest BCUT2D eigenvalue weighted by atomic mass is 19.1. The molecule has 1 aromatic heterocycles. The Kier molecular flexibility index (Phi) is 5.99. The van der Waals surface area contributed by atoms with Gasteiger partial charge in [0.2, 0.25) is 0 Å². The van der Waals surface area contributed by atoms with Crippen LogP contribution in [0.2, 0.25) is 0 Å². The quantitative estimate of drug-likeness (QED) is 0.761. The second-order valence-electron chi connectivity index (χ2n) is 4.89. The third kappa shape index (κ3) is 5.30. The predicted molar refractivity (Wildman–Crippen MR) is 80.7 cm³/mol. The molecule has 0 aliphatic heterocycles. The van der Waals surface area contributed by atoms with Crippen LogP contribution in [0.3, 0.4) is 0 Å². The Morgan fingerprint density at radius 1 is 1.22 bits per heavy atom. The van der Waals surface area contributed by atoms with Crippen LogP contribution in [0.5, 0.6) is 0 Å². The Hall–Kier alpha value is -2.54. The zero-order valence-electron chi connectivity index (χ0n) is 12.3. The number of aromatic nitrogens is 1. The lowest BCUT2D eigenvalue weighted by Gasteiger charge is -2.13. The van der Waals surface area contributed by atoms with Crippen LogP contribution in [0.25, 0.3) is 0 Å². The Labute approximate surface area is 132 Å². The molecule has 2 amide bonds. The second-order valence-corrected chi connectivity index (χ2v) is 4.89. The van der Waals surface area contributed by atoms with E-state index in [9.17, 15) is 18.7 Å². The van der Waals surface area contributed by atoms with Gasteiger partial charge in [-0.15, -0.1) is 0 Å². The Morgan fingerprint density at radius 2 is 2.04 bits per heavy atom. The van der Waals surface area contributed by atoms with Crippen molar-refractivity contribution in [1.29, 1.82) is 0 Å².